The monoisotopic (exact) mass is 750 g/mol. The molecule has 0 saturated heterocycles. The van der Waals surface area contributed by atoms with Gasteiger partial charge in [0.1, 0.15) is 10.5 Å². The van der Waals surface area contributed by atoms with E-state index in [2.05, 4.69) is 152 Å². The summed E-state index contributed by atoms with van der Waals surface area (Å²) in [5.41, 5.74) is 16.8. The Morgan fingerprint density at radius 1 is 0.411 bits per heavy atom. The third-order valence-corrected chi connectivity index (χ3v) is 13.7. The minimum atomic E-state index is -0.400. The van der Waals surface area contributed by atoms with Gasteiger partial charge in [0, 0.05) is 20.9 Å². The topological polar surface area (TPSA) is 38.9 Å². The molecule has 0 atom stereocenters. The molecule has 0 saturated carbocycles. The van der Waals surface area contributed by atoms with E-state index in [9.17, 15) is 0 Å². The number of hydrogen-bond donors (Lipinski definition) is 0. The van der Waals surface area contributed by atoms with Crippen molar-refractivity contribution in [3.8, 4) is 55.4 Å². The van der Waals surface area contributed by atoms with E-state index < -0.39 is 5.41 Å². The fraction of sp³-hybridized carbons (Fsp3) is 0.0196. The predicted molar refractivity (Wildman–Crippen MR) is 230 cm³/mol. The van der Waals surface area contributed by atoms with Gasteiger partial charge in [-0.25, -0.2) is 9.97 Å². The lowest BCUT2D eigenvalue weighted by atomic mass is 9.67. The van der Waals surface area contributed by atoms with Crippen molar-refractivity contribution in [2.75, 3.05) is 0 Å². The zero-order valence-corrected chi connectivity index (χ0v) is 31.6. The molecule has 1 aliphatic carbocycles. The van der Waals surface area contributed by atoms with Crippen LogP contribution in [0.4, 0.5) is 0 Å². The number of para-hydroxylation sites is 3. The molecular formula is C51H30N2OS2. The number of fused-ring (bicyclic) bond motifs is 11. The Morgan fingerprint density at radius 3 is 1.77 bits per heavy atom. The molecule has 0 amide bonds. The molecule has 3 nitrogen and oxygen atoms in total. The normalized spacial score (nSPS) is 13.4. The van der Waals surface area contributed by atoms with Gasteiger partial charge in [0.05, 0.1) is 15.6 Å². The van der Waals surface area contributed by atoms with Crippen molar-refractivity contribution < 1.29 is 4.42 Å². The summed E-state index contributed by atoms with van der Waals surface area (Å²) in [4.78, 5) is 12.5. The summed E-state index contributed by atoms with van der Waals surface area (Å²) in [7, 11) is 0. The van der Waals surface area contributed by atoms with Crippen molar-refractivity contribution in [2.24, 2.45) is 0 Å². The quantitative estimate of drug-likeness (QED) is 0.180. The summed E-state index contributed by atoms with van der Waals surface area (Å²) in [5.74, 6) is 0.601. The van der Waals surface area contributed by atoms with Crippen LogP contribution >= 0.6 is 23.1 Å². The van der Waals surface area contributed by atoms with Crippen LogP contribution in [-0.2, 0) is 5.41 Å². The Bertz CT molecular complexity index is 2990. The lowest BCUT2D eigenvalue weighted by Crippen LogP contribution is -2.31. The number of aromatic nitrogens is 2. The fourth-order valence-electron chi connectivity index (χ4n) is 8.92. The summed E-state index contributed by atoms with van der Waals surface area (Å²) >= 11 is 3.59. The van der Waals surface area contributed by atoms with Crippen molar-refractivity contribution in [2.45, 2.75) is 15.2 Å². The van der Waals surface area contributed by atoms with E-state index in [0.717, 1.165) is 43.9 Å². The second kappa shape index (κ2) is 12.2. The van der Waals surface area contributed by atoms with Crippen molar-refractivity contribution >= 4 is 44.4 Å². The van der Waals surface area contributed by atoms with Gasteiger partial charge in [0.2, 0.25) is 5.89 Å². The first-order valence-corrected chi connectivity index (χ1v) is 20.4. The van der Waals surface area contributed by atoms with Gasteiger partial charge in [-0.3, -0.25) is 0 Å². The highest BCUT2D eigenvalue weighted by atomic mass is 32.2. The SMILES string of the molecule is c1ccc2c(c1)Sc1ccccc1C21c2ccccc2-c2ccc(-c3ccc(-c4cc(-c5nc6ccccc6o5)cc(-c5nc6ccccc6s5)c4)cc3)cc21. The number of rotatable bonds is 4. The summed E-state index contributed by atoms with van der Waals surface area (Å²) in [6.45, 7) is 0. The molecule has 0 bridgehead atoms. The Kier molecular flexibility index (Phi) is 6.95. The van der Waals surface area contributed by atoms with Gasteiger partial charge in [0.15, 0.2) is 5.58 Å². The Hall–Kier alpha value is -6.53. The molecule has 1 spiro atoms. The molecule has 12 rings (SSSR count). The smallest absolute Gasteiger partial charge is 0.227 e. The van der Waals surface area contributed by atoms with Gasteiger partial charge in [-0.05, 0) is 116 Å². The molecule has 2 aromatic heterocycles. The summed E-state index contributed by atoms with van der Waals surface area (Å²) in [6, 6.07) is 65.8. The Morgan fingerprint density at radius 2 is 1.00 bits per heavy atom. The molecule has 1 aliphatic heterocycles. The van der Waals surface area contributed by atoms with Crippen LogP contribution < -0.4 is 0 Å². The number of nitrogens with zero attached hydrogens (tertiary/aromatic N) is 2. The lowest BCUT2D eigenvalue weighted by molar-refractivity contribution is 0.620. The zero-order chi connectivity index (χ0) is 36.8. The minimum Gasteiger partial charge on any atom is -0.436 e. The van der Waals surface area contributed by atoms with Crippen LogP contribution in [0.2, 0.25) is 0 Å². The summed E-state index contributed by atoms with van der Waals surface area (Å²) in [6.07, 6.45) is 0. The summed E-state index contributed by atoms with van der Waals surface area (Å²) in [5, 5.41) is 0.972. The first-order chi connectivity index (χ1) is 27.7. The number of benzene rings is 8. The van der Waals surface area contributed by atoms with Crippen LogP contribution in [-0.4, -0.2) is 9.97 Å². The standard InChI is InChI=1S/C51H30N2OS2/c1-2-12-39-37(11-1)38-26-25-33(30-42(38)51(39)40-13-3-8-18-46(40)55-47-19-9-4-14-41(47)51)31-21-23-32(24-22-31)34-27-35(49-52-43-15-5-7-17-45(43)54-49)29-36(28-34)50-53-44-16-6-10-20-48(44)56-50/h1-30H. The highest BCUT2D eigenvalue weighted by Crippen LogP contribution is 2.62. The van der Waals surface area contributed by atoms with Crippen molar-refractivity contribution in [1.82, 2.24) is 9.97 Å². The van der Waals surface area contributed by atoms with Gasteiger partial charge in [-0.1, -0.05) is 133 Å². The maximum atomic E-state index is 6.29. The number of oxazole rings is 1. The van der Waals surface area contributed by atoms with E-state index in [0.29, 0.717) is 5.89 Å². The molecule has 10 aromatic rings. The molecule has 2 aliphatic rings. The van der Waals surface area contributed by atoms with E-state index in [1.54, 1.807) is 11.3 Å². The van der Waals surface area contributed by atoms with E-state index in [4.69, 9.17) is 14.4 Å². The molecule has 3 heterocycles. The fourth-order valence-corrected chi connectivity index (χ4v) is 11.1. The van der Waals surface area contributed by atoms with Gasteiger partial charge in [-0.2, -0.15) is 0 Å². The van der Waals surface area contributed by atoms with E-state index >= 15 is 0 Å². The summed E-state index contributed by atoms with van der Waals surface area (Å²) < 4.78 is 7.46. The van der Waals surface area contributed by atoms with Crippen LogP contribution in [0.25, 0.3) is 76.7 Å². The maximum Gasteiger partial charge on any atom is 0.227 e. The third-order valence-electron chi connectivity index (χ3n) is 11.4. The minimum absolute atomic E-state index is 0.400. The Balaban J connectivity index is 0.991. The average molecular weight is 751 g/mol. The number of thiazole rings is 1. The van der Waals surface area contributed by atoms with E-state index in [1.807, 2.05) is 42.1 Å². The zero-order valence-electron chi connectivity index (χ0n) is 29.9. The van der Waals surface area contributed by atoms with Crippen LogP contribution in [0.15, 0.2) is 196 Å². The van der Waals surface area contributed by atoms with Gasteiger partial charge in [-0.15, -0.1) is 11.3 Å². The first-order valence-electron chi connectivity index (χ1n) is 18.8. The van der Waals surface area contributed by atoms with Gasteiger partial charge >= 0.3 is 0 Å². The van der Waals surface area contributed by atoms with Crippen LogP contribution in [0, 0.1) is 0 Å². The van der Waals surface area contributed by atoms with E-state index in [-0.39, 0.29) is 0 Å². The second-order valence-corrected chi connectivity index (χ2v) is 16.6. The van der Waals surface area contributed by atoms with Crippen LogP contribution in [0.5, 0.6) is 0 Å². The average Bonchev–Trinajstić information content (AvgIpc) is 3.98. The van der Waals surface area contributed by atoms with Crippen molar-refractivity contribution in [3.05, 3.63) is 204 Å². The molecule has 8 aromatic carbocycles. The molecule has 5 heteroatoms. The molecule has 0 radical (unpaired) electrons. The molecule has 262 valence electrons. The van der Waals surface area contributed by atoms with E-state index in [1.165, 1.54) is 59.0 Å². The molecule has 0 fully saturated rings. The maximum absolute atomic E-state index is 6.29. The van der Waals surface area contributed by atoms with Crippen molar-refractivity contribution in [1.29, 1.82) is 0 Å². The second-order valence-electron chi connectivity index (χ2n) is 14.5. The molecule has 0 N–H and O–H groups in total. The third kappa shape index (κ3) is 4.71. The lowest BCUT2D eigenvalue weighted by Gasteiger charge is -2.39. The first kappa shape index (κ1) is 31.8. The van der Waals surface area contributed by atoms with Crippen LogP contribution in [0.3, 0.4) is 0 Å². The van der Waals surface area contributed by atoms with Gasteiger partial charge in [0.25, 0.3) is 0 Å². The predicted octanol–water partition coefficient (Wildman–Crippen LogP) is 13.9. The van der Waals surface area contributed by atoms with Crippen molar-refractivity contribution in [3.63, 3.8) is 0 Å². The van der Waals surface area contributed by atoms with Crippen LogP contribution in [0.1, 0.15) is 22.3 Å². The largest absolute Gasteiger partial charge is 0.436 e. The number of hydrogen-bond acceptors (Lipinski definition) is 5. The van der Waals surface area contributed by atoms with Gasteiger partial charge < -0.3 is 4.42 Å². The highest BCUT2D eigenvalue weighted by molar-refractivity contribution is 7.99. The molecule has 0 unspecified atom stereocenters. The Labute approximate surface area is 332 Å². The molecule has 56 heavy (non-hydrogen) atoms. The highest BCUT2D eigenvalue weighted by Gasteiger charge is 2.50. The molecular weight excluding hydrogens is 721 g/mol.